The molecule has 55 heavy (non-hydrogen) atoms. The van der Waals surface area contributed by atoms with E-state index in [4.69, 9.17) is 4.74 Å². The lowest BCUT2D eigenvalue weighted by Crippen LogP contribution is -2.87. The van der Waals surface area contributed by atoms with Crippen LogP contribution in [0.3, 0.4) is 0 Å². The quantitative estimate of drug-likeness (QED) is 0.0990. The Morgan fingerprint density at radius 1 is 1.09 bits per heavy atom. The van der Waals surface area contributed by atoms with Gasteiger partial charge in [0.1, 0.15) is 23.6 Å². The number of likely N-dealkylation sites (N-methyl/N-ethyl adjacent to an activating group) is 1. The summed E-state index contributed by atoms with van der Waals surface area (Å²) in [6.07, 6.45) is 6.60. The van der Waals surface area contributed by atoms with E-state index in [9.17, 15) is 40.2 Å². The third-order valence-electron chi connectivity index (χ3n) is 16.7. The number of carbonyl (C=O) groups excluding carboxylic acids is 2. The molecule has 10 heteroatoms. The van der Waals surface area contributed by atoms with Crippen LogP contribution in [0.5, 0.6) is 0 Å². The molecular formula is C45H57NO9. The number of aldehydes is 1. The molecule has 0 amide bonds. The Hall–Kier alpha value is -2.88. The van der Waals surface area contributed by atoms with E-state index in [1.807, 2.05) is 51.2 Å². The molecule has 0 unspecified atom stereocenters. The van der Waals surface area contributed by atoms with Gasteiger partial charge in [-0.2, -0.15) is 0 Å². The molecule has 0 saturated heterocycles. The lowest BCUT2D eigenvalue weighted by atomic mass is 9.31. The number of ether oxygens (including phenoxy) is 1. The second kappa shape index (κ2) is 12.8. The van der Waals surface area contributed by atoms with Crippen molar-refractivity contribution in [2.75, 3.05) is 7.05 Å². The number of carbonyl (C=O) groups is 2. The Balaban J connectivity index is 1.28. The summed E-state index contributed by atoms with van der Waals surface area (Å²) < 4.78 is 6.19. The number of esters is 1. The van der Waals surface area contributed by atoms with E-state index >= 15 is 0 Å². The minimum Gasteiger partial charge on any atom is -0.454 e. The molecule has 4 bridgehead atoms. The van der Waals surface area contributed by atoms with Gasteiger partial charge in [-0.1, -0.05) is 56.4 Å². The zero-order valence-corrected chi connectivity index (χ0v) is 32.2. The van der Waals surface area contributed by atoms with E-state index in [1.54, 1.807) is 6.08 Å². The Bertz CT molecular complexity index is 1900. The van der Waals surface area contributed by atoms with E-state index < -0.39 is 75.6 Å². The van der Waals surface area contributed by atoms with Crippen LogP contribution in [0.1, 0.15) is 88.3 Å². The highest BCUT2D eigenvalue weighted by Crippen LogP contribution is 2.79. The van der Waals surface area contributed by atoms with Crippen molar-refractivity contribution in [1.29, 1.82) is 0 Å². The molecule has 10 nitrogen and oxygen atoms in total. The first-order valence-electron chi connectivity index (χ1n) is 20.7. The summed E-state index contributed by atoms with van der Waals surface area (Å²) in [6.45, 7) is 3.96. The Morgan fingerprint density at radius 2 is 1.89 bits per heavy atom. The summed E-state index contributed by atoms with van der Waals surface area (Å²) in [5.74, 6) is 2.64. The monoisotopic (exact) mass is 755 g/mol. The topological polar surface area (TPSA) is 177 Å². The first kappa shape index (κ1) is 37.7. The van der Waals surface area contributed by atoms with Crippen LogP contribution < -0.4 is 5.32 Å². The highest BCUT2D eigenvalue weighted by Gasteiger charge is 2.86. The number of allylic oxidation sites excluding steroid dienone is 2. The van der Waals surface area contributed by atoms with Crippen molar-refractivity contribution in [3.63, 3.8) is 0 Å². The van der Waals surface area contributed by atoms with Crippen LogP contribution in [0, 0.1) is 70.0 Å². The van der Waals surface area contributed by atoms with Gasteiger partial charge in [-0.05, 0) is 104 Å². The average Bonchev–Trinajstić information content (AvgIpc) is 3.66. The van der Waals surface area contributed by atoms with Crippen LogP contribution in [-0.4, -0.2) is 91.1 Å². The van der Waals surface area contributed by atoms with E-state index in [-0.39, 0.29) is 55.6 Å². The number of hydrogen-bond acceptors (Lipinski definition) is 10. The molecule has 10 rings (SSSR count). The molecule has 16 atom stereocenters. The van der Waals surface area contributed by atoms with Crippen molar-refractivity contribution in [2.45, 2.75) is 126 Å². The van der Waals surface area contributed by atoms with Crippen LogP contribution in [0.15, 0.2) is 42.0 Å². The van der Waals surface area contributed by atoms with Crippen LogP contribution in [0.2, 0.25) is 0 Å². The average molecular weight is 756 g/mol. The summed E-state index contributed by atoms with van der Waals surface area (Å²) >= 11 is 0. The van der Waals surface area contributed by atoms with Gasteiger partial charge in [-0.25, -0.2) is 4.79 Å². The summed E-state index contributed by atoms with van der Waals surface area (Å²) in [7, 11) is 1.89. The molecule has 296 valence electrons. The molecule has 1 aliphatic heterocycles. The normalized spacial score (nSPS) is 48.8. The predicted molar refractivity (Wildman–Crippen MR) is 202 cm³/mol. The Kier molecular flexibility index (Phi) is 8.78. The summed E-state index contributed by atoms with van der Waals surface area (Å²) in [4.78, 5) is 27.4. The van der Waals surface area contributed by atoms with Gasteiger partial charge in [0, 0.05) is 53.7 Å². The molecule has 1 heterocycles. The van der Waals surface area contributed by atoms with Crippen LogP contribution in [0.25, 0.3) is 0 Å². The van der Waals surface area contributed by atoms with Crippen molar-refractivity contribution >= 4 is 12.3 Å². The summed E-state index contributed by atoms with van der Waals surface area (Å²) in [6, 6.07) is 5.57. The molecular weight excluding hydrogens is 698 g/mol. The number of fused-ring (bicyclic) bond motifs is 4. The highest BCUT2D eigenvalue weighted by atomic mass is 16.5. The summed E-state index contributed by atoms with van der Waals surface area (Å²) in [5, 5.41) is 79.1. The Morgan fingerprint density at radius 3 is 2.62 bits per heavy atom. The maximum Gasteiger partial charge on any atom is 0.331 e. The smallest absolute Gasteiger partial charge is 0.331 e. The number of rotatable bonds is 6. The first-order chi connectivity index (χ1) is 26.2. The maximum atomic E-state index is 14.0. The lowest BCUT2D eigenvalue weighted by Gasteiger charge is -2.75. The van der Waals surface area contributed by atoms with E-state index in [1.165, 1.54) is 0 Å². The fourth-order valence-electron chi connectivity index (χ4n) is 14.8. The van der Waals surface area contributed by atoms with Crippen molar-refractivity contribution < 1.29 is 45.0 Å². The van der Waals surface area contributed by atoms with E-state index in [2.05, 4.69) is 17.2 Å². The SMILES string of the molecule is CN[C@H]1Cc2c(cccc2CO)C#CCC[C@]23C[C@H]4C=C[C@@H]5C[C@H](O)C[C@@]6(O)[C@H](CCC(C)C)[C@H](O)[C@@](O)([C@@H]4[C@@]56C=O)[C@@]2(O)C[C@H]2C[C@H]1[C@@H]1OC(=O)C=C1[C@@H]23. The van der Waals surface area contributed by atoms with E-state index in [0.29, 0.717) is 44.9 Å². The number of aliphatic hydroxyl groups is 6. The standard InChI is InChI=1S/C45H57NO9/c1-24(2)10-13-34-40(51)45(54)39-26(11-12-29-16-30(49)21-43(34,52)42(29,39)23-48)19-41-14-5-4-7-25-8-6-9-27(22-47)31(25)17-35(46-3)32-15-28(20-44(41,45)53)37(41)33-18-36(50)55-38(32)33/h6,8-9,11-12,18,23-24,26,28-30,32,34-35,37-40,46-47,49,51-54H,5,10,13-17,19-22H2,1-3H3/t26-,28-,29-,30+,32-,34-,35+,37-,38+,39+,40+,41-,42-,43-,44-,45+/m1/s1. The fourth-order valence-corrected chi connectivity index (χ4v) is 14.8. The Labute approximate surface area is 323 Å². The predicted octanol–water partition coefficient (Wildman–Crippen LogP) is 2.73. The number of benzene rings is 1. The van der Waals surface area contributed by atoms with Gasteiger partial charge in [-0.15, -0.1) is 0 Å². The maximum absolute atomic E-state index is 14.0. The molecule has 0 aromatic heterocycles. The van der Waals surface area contributed by atoms with Gasteiger partial charge in [0.25, 0.3) is 0 Å². The second-order valence-corrected chi connectivity index (χ2v) is 19.1. The molecule has 8 aliphatic carbocycles. The van der Waals surface area contributed by atoms with Crippen molar-refractivity contribution in [1.82, 2.24) is 5.32 Å². The summed E-state index contributed by atoms with van der Waals surface area (Å²) in [5.41, 5.74) is -5.25. The van der Waals surface area contributed by atoms with Gasteiger partial charge in [0.2, 0.25) is 0 Å². The van der Waals surface area contributed by atoms with Crippen molar-refractivity contribution in [2.24, 2.45) is 58.2 Å². The molecule has 5 fully saturated rings. The van der Waals surface area contributed by atoms with Crippen molar-refractivity contribution in [3.05, 3.63) is 58.7 Å². The zero-order chi connectivity index (χ0) is 38.9. The zero-order valence-electron chi connectivity index (χ0n) is 32.2. The van der Waals surface area contributed by atoms with Crippen LogP contribution in [-0.2, 0) is 27.4 Å². The highest BCUT2D eigenvalue weighted by molar-refractivity contribution is 5.86. The fraction of sp³-hybridized carbons (Fsp3) is 0.689. The lowest BCUT2D eigenvalue weighted by molar-refractivity contribution is -0.381. The van der Waals surface area contributed by atoms with Gasteiger partial charge in [0.05, 0.1) is 29.8 Å². The number of aliphatic hydroxyl groups excluding tert-OH is 3. The minimum absolute atomic E-state index is 0.0970. The molecule has 7 N–H and O–H groups in total. The molecule has 0 radical (unpaired) electrons. The third kappa shape index (κ3) is 4.69. The number of nitrogens with one attached hydrogen (secondary N) is 1. The molecule has 5 saturated carbocycles. The first-order valence-corrected chi connectivity index (χ1v) is 20.7. The van der Waals surface area contributed by atoms with Gasteiger partial charge < -0.3 is 45.5 Å². The molecule has 9 aliphatic rings. The van der Waals surface area contributed by atoms with Crippen molar-refractivity contribution in [3.8, 4) is 11.8 Å². The second-order valence-electron chi connectivity index (χ2n) is 19.1. The van der Waals surface area contributed by atoms with E-state index in [0.717, 1.165) is 28.5 Å². The van der Waals surface area contributed by atoms with Gasteiger partial charge in [0.15, 0.2) is 0 Å². The largest absolute Gasteiger partial charge is 0.454 e. The molecule has 1 aromatic rings. The third-order valence-corrected chi connectivity index (χ3v) is 16.7. The molecule has 1 spiro atoms. The van der Waals surface area contributed by atoms with Crippen LogP contribution >= 0.6 is 0 Å². The minimum atomic E-state index is -2.22. The van der Waals surface area contributed by atoms with Crippen LogP contribution in [0.4, 0.5) is 0 Å². The molecule has 1 aromatic carbocycles. The van der Waals surface area contributed by atoms with Gasteiger partial charge in [-0.3, -0.25) is 0 Å². The van der Waals surface area contributed by atoms with Gasteiger partial charge >= 0.3 is 5.97 Å². The number of hydrogen-bond donors (Lipinski definition) is 7.